The Morgan fingerprint density at radius 2 is 2.67 bits per heavy atom. The third-order valence-corrected chi connectivity index (χ3v) is 1.40. The van der Waals surface area contributed by atoms with Crippen LogP contribution >= 0.6 is 0 Å². The van der Waals surface area contributed by atoms with E-state index in [9.17, 15) is 0 Å². The first-order chi connectivity index (χ1) is 4.47. The van der Waals surface area contributed by atoms with Gasteiger partial charge in [0.25, 0.3) is 0 Å². The van der Waals surface area contributed by atoms with Gasteiger partial charge in [0.05, 0.1) is 18.7 Å². The molecule has 3 N–H and O–H groups in total. The van der Waals surface area contributed by atoms with Crippen LogP contribution in [0.15, 0.2) is 16.9 Å². The average molecular weight is 124 g/mol. The molecule has 0 fully saturated rings. The summed E-state index contributed by atoms with van der Waals surface area (Å²) in [6.07, 6.45) is 3.82. The van der Waals surface area contributed by atoms with Gasteiger partial charge < -0.3 is 10.6 Å². The Bertz CT molecular complexity index is 172. The van der Waals surface area contributed by atoms with Crippen LogP contribution in [0, 0.1) is 0 Å². The van der Waals surface area contributed by atoms with E-state index in [2.05, 4.69) is 20.9 Å². The van der Waals surface area contributed by atoms with Crippen molar-refractivity contribution in [2.45, 2.75) is 6.17 Å². The van der Waals surface area contributed by atoms with Crippen molar-refractivity contribution < 1.29 is 0 Å². The molecule has 4 heteroatoms. The topological polar surface area (TPSA) is 48.5 Å². The zero-order chi connectivity index (χ0) is 6.10. The van der Waals surface area contributed by atoms with Crippen LogP contribution in [0.2, 0.25) is 0 Å². The van der Waals surface area contributed by atoms with E-state index in [0.717, 1.165) is 12.4 Å². The maximum absolute atomic E-state index is 4.10. The molecule has 0 saturated carbocycles. The molecule has 9 heavy (non-hydrogen) atoms. The highest BCUT2D eigenvalue weighted by Gasteiger charge is 2.17. The molecular formula is C5H8N4. The Labute approximate surface area is 53.0 Å². The van der Waals surface area contributed by atoms with E-state index in [0.29, 0.717) is 0 Å². The standard InChI is InChI=1S/C5H8N4/c1-4-5(8-2-6-1)9-3-7-4/h1,3,5-6,8H,2H2,(H,7,9). The maximum atomic E-state index is 4.10. The Morgan fingerprint density at radius 3 is 3.56 bits per heavy atom. The summed E-state index contributed by atoms with van der Waals surface area (Å²) in [5.74, 6) is 0. The number of hydrogen-bond donors (Lipinski definition) is 3. The highest BCUT2D eigenvalue weighted by molar-refractivity contribution is 5.62. The summed E-state index contributed by atoms with van der Waals surface area (Å²) in [5.41, 5.74) is 1.10. The first-order valence-electron chi connectivity index (χ1n) is 2.92. The van der Waals surface area contributed by atoms with Crippen molar-refractivity contribution in [3.63, 3.8) is 0 Å². The number of rotatable bonds is 0. The van der Waals surface area contributed by atoms with Crippen molar-refractivity contribution in [2.24, 2.45) is 4.99 Å². The largest absolute Gasteiger partial charge is 0.377 e. The van der Waals surface area contributed by atoms with Gasteiger partial charge in [-0.2, -0.15) is 0 Å². The fourth-order valence-electron chi connectivity index (χ4n) is 0.945. The highest BCUT2D eigenvalue weighted by atomic mass is 15.3. The molecule has 4 nitrogen and oxygen atoms in total. The predicted octanol–water partition coefficient (Wildman–Crippen LogP) is -1.06. The predicted molar refractivity (Wildman–Crippen MR) is 34.6 cm³/mol. The van der Waals surface area contributed by atoms with Crippen LogP contribution in [0.3, 0.4) is 0 Å². The van der Waals surface area contributed by atoms with Crippen molar-refractivity contribution in [1.29, 1.82) is 0 Å². The summed E-state index contributed by atoms with van der Waals surface area (Å²) in [5, 5.41) is 9.18. The molecule has 2 aliphatic heterocycles. The van der Waals surface area contributed by atoms with Gasteiger partial charge >= 0.3 is 0 Å². The molecule has 1 unspecified atom stereocenters. The van der Waals surface area contributed by atoms with E-state index in [1.165, 1.54) is 0 Å². The molecule has 0 aromatic heterocycles. The Balaban J connectivity index is 2.22. The number of nitrogens with zero attached hydrogens (tertiary/aromatic N) is 1. The molecule has 1 atom stereocenters. The van der Waals surface area contributed by atoms with Crippen LogP contribution in [-0.2, 0) is 0 Å². The normalized spacial score (nSPS) is 30.2. The van der Waals surface area contributed by atoms with Gasteiger partial charge in [0.2, 0.25) is 0 Å². The van der Waals surface area contributed by atoms with Gasteiger partial charge in [-0.05, 0) is 0 Å². The SMILES string of the molecule is C1=NC2NCNC=C2N1. The summed E-state index contributed by atoms with van der Waals surface area (Å²) in [4.78, 5) is 4.10. The van der Waals surface area contributed by atoms with E-state index in [4.69, 9.17) is 0 Å². The first-order valence-corrected chi connectivity index (χ1v) is 2.92. The molecule has 48 valence electrons. The van der Waals surface area contributed by atoms with E-state index in [1.807, 2.05) is 6.20 Å². The summed E-state index contributed by atoms with van der Waals surface area (Å²) in [7, 11) is 0. The molecule has 0 aliphatic carbocycles. The van der Waals surface area contributed by atoms with Gasteiger partial charge in [-0.1, -0.05) is 0 Å². The van der Waals surface area contributed by atoms with Crippen molar-refractivity contribution in [1.82, 2.24) is 16.0 Å². The minimum absolute atomic E-state index is 0.172. The summed E-state index contributed by atoms with van der Waals surface area (Å²) >= 11 is 0. The third-order valence-electron chi connectivity index (χ3n) is 1.40. The molecule has 0 saturated heterocycles. The van der Waals surface area contributed by atoms with Crippen LogP contribution in [0.4, 0.5) is 0 Å². The molecule has 0 radical (unpaired) electrons. The van der Waals surface area contributed by atoms with Crippen molar-refractivity contribution in [3.8, 4) is 0 Å². The lowest BCUT2D eigenvalue weighted by atomic mass is 10.3. The van der Waals surface area contributed by atoms with Crippen LogP contribution < -0.4 is 16.0 Å². The lowest BCUT2D eigenvalue weighted by molar-refractivity contribution is 0.538. The summed E-state index contributed by atoms with van der Waals surface area (Å²) in [6, 6.07) is 0. The van der Waals surface area contributed by atoms with E-state index in [-0.39, 0.29) is 6.17 Å². The number of nitrogens with one attached hydrogen (secondary N) is 3. The second kappa shape index (κ2) is 1.73. The minimum atomic E-state index is 0.172. The summed E-state index contributed by atoms with van der Waals surface area (Å²) < 4.78 is 0. The fraction of sp³-hybridized carbons (Fsp3) is 0.400. The van der Waals surface area contributed by atoms with E-state index in [1.54, 1.807) is 6.34 Å². The molecule has 0 aromatic carbocycles. The molecule has 0 bridgehead atoms. The second-order valence-corrected chi connectivity index (χ2v) is 2.01. The quantitative estimate of drug-likeness (QED) is 0.385. The fourth-order valence-corrected chi connectivity index (χ4v) is 0.945. The van der Waals surface area contributed by atoms with Crippen molar-refractivity contribution >= 4 is 6.34 Å². The van der Waals surface area contributed by atoms with Gasteiger partial charge in [0, 0.05) is 6.20 Å². The van der Waals surface area contributed by atoms with Gasteiger partial charge in [-0.15, -0.1) is 0 Å². The number of hydrogen-bond acceptors (Lipinski definition) is 4. The monoisotopic (exact) mass is 124 g/mol. The smallest absolute Gasteiger partial charge is 0.144 e. The zero-order valence-electron chi connectivity index (χ0n) is 4.89. The van der Waals surface area contributed by atoms with Crippen LogP contribution in [0.1, 0.15) is 0 Å². The molecule has 2 rings (SSSR count). The number of fused-ring (bicyclic) bond motifs is 1. The lowest BCUT2D eigenvalue weighted by Gasteiger charge is -2.17. The molecule has 0 spiro atoms. The molecule has 2 heterocycles. The summed E-state index contributed by atoms with van der Waals surface area (Å²) in [6.45, 7) is 0.799. The van der Waals surface area contributed by atoms with E-state index >= 15 is 0 Å². The minimum Gasteiger partial charge on any atom is -0.377 e. The zero-order valence-corrected chi connectivity index (χ0v) is 4.89. The average Bonchev–Trinajstić information content (AvgIpc) is 2.33. The molecule has 0 amide bonds. The van der Waals surface area contributed by atoms with Gasteiger partial charge in [-0.25, -0.2) is 0 Å². The van der Waals surface area contributed by atoms with Crippen molar-refractivity contribution in [2.75, 3.05) is 6.67 Å². The Morgan fingerprint density at radius 1 is 1.67 bits per heavy atom. The first kappa shape index (κ1) is 4.81. The van der Waals surface area contributed by atoms with E-state index < -0.39 is 0 Å². The third kappa shape index (κ3) is 0.675. The van der Waals surface area contributed by atoms with Crippen molar-refractivity contribution in [3.05, 3.63) is 11.9 Å². The van der Waals surface area contributed by atoms with Gasteiger partial charge in [-0.3, -0.25) is 10.3 Å². The van der Waals surface area contributed by atoms with Crippen LogP contribution in [0.5, 0.6) is 0 Å². The van der Waals surface area contributed by atoms with Crippen LogP contribution in [0.25, 0.3) is 0 Å². The van der Waals surface area contributed by atoms with Crippen LogP contribution in [-0.4, -0.2) is 19.2 Å². The Hall–Kier alpha value is -1.03. The molecular weight excluding hydrogens is 116 g/mol. The number of aliphatic imine (C=N–C) groups is 1. The van der Waals surface area contributed by atoms with Gasteiger partial charge in [0.15, 0.2) is 0 Å². The molecule has 0 aromatic rings. The van der Waals surface area contributed by atoms with Gasteiger partial charge in [0.1, 0.15) is 6.17 Å². The second-order valence-electron chi connectivity index (χ2n) is 2.01. The Kier molecular flexibility index (Phi) is 0.927. The molecule has 2 aliphatic rings. The highest BCUT2D eigenvalue weighted by Crippen LogP contribution is 2.04. The lowest BCUT2D eigenvalue weighted by Crippen LogP contribution is -2.40. The maximum Gasteiger partial charge on any atom is 0.144 e.